The number of nitrogens with one attached hydrogen (secondary N) is 1. The molecule has 1 spiro atoms. The Bertz CT molecular complexity index is 409. The first-order valence-electron chi connectivity index (χ1n) is 8.33. The molecule has 1 aliphatic carbocycles. The fraction of sp³-hybridized carbons (Fsp3) is 0.667. The largest absolute Gasteiger partial charge is 0.310 e. The molecule has 2 nitrogen and oxygen atoms in total. The van der Waals surface area contributed by atoms with Crippen molar-refractivity contribution in [1.29, 1.82) is 0 Å². The van der Waals surface area contributed by atoms with Crippen LogP contribution in [0.15, 0.2) is 30.3 Å². The molecular formula is C18H28N2. The highest BCUT2D eigenvalue weighted by molar-refractivity contribution is 5.18. The van der Waals surface area contributed by atoms with Crippen molar-refractivity contribution in [3.05, 3.63) is 35.9 Å². The van der Waals surface area contributed by atoms with Gasteiger partial charge in [0.05, 0.1) is 0 Å². The normalized spacial score (nSPS) is 25.2. The monoisotopic (exact) mass is 272 g/mol. The van der Waals surface area contributed by atoms with E-state index in [1.165, 1.54) is 63.7 Å². The number of hydrogen-bond acceptors (Lipinski definition) is 2. The molecule has 1 aliphatic heterocycles. The van der Waals surface area contributed by atoms with Crippen LogP contribution in [0.5, 0.6) is 0 Å². The molecule has 1 atom stereocenters. The van der Waals surface area contributed by atoms with Gasteiger partial charge < -0.3 is 5.32 Å². The van der Waals surface area contributed by atoms with Gasteiger partial charge in [-0.1, -0.05) is 49.6 Å². The number of hydrogen-bond donors (Lipinski definition) is 1. The highest BCUT2D eigenvalue weighted by Crippen LogP contribution is 2.33. The highest BCUT2D eigenvalue weighted by atomic mass is 15.2. The summed E-state index contributed by atoms with van der Waals surface area (Å²) in [4.78, 5) is 2.71. The second kappa shape index (κ2) is 6.28. The molecule has 0 radical (unpaired) electrons. The van der Waals surface area contributed by atoms with E-state index in [9.17, 15) is 0 Å². The Kier molecular flexibility index (Phi) is 4.42. The molecular weight excluding hydrogens is 244 g/mol. The van der Waals surface area contributed by atoms with Gasteiger partial charge in [-0.05, 0) is 38.3 Å². The lowest BCUT2D eigenvalue weighted by Gasteiger charge is -2.41. The SMILES string of the molecule is CC(c1ccccc1)N1CCCNC2(CCCCC2)C1. The van der Waals surface area contributed by atoms with Gasteiger partial charge in [0.25, 0.3) is 0 Å². The molecule has 2 fully saturated rings. The zero-order chi connectivity index (χ0) is 13.8. The molecule has 1 aromatic carbocycles. The highest BCUT2D eigenvalue weighted by Gasteiger charge is 2.36. The van der Waals surface area contributed by atoms with Gasteiger partial charge in [0, 0.05) is 24.7 Å². The summed E-state index contributed by atoms with van der Waals surface area (Å²) in [7, 11) is 0. The maximum absolute atomic E-state index is 3.89. The topological polar surface area (TPSA) is 15.3 Å². The van der Waals surface area contributed by atoms with Crippen molar-refractivity contribution >= 4 is 0 Å². The summed E-state index contributed by atoms with van der Waals surface area (Å²) in [5, 5.41) is 3.89. The first kappa shape index (κ1) is 14.1. The van der Waals surface area contributed by atoms with Crippen LogP contribution in [0.1, 0.15) is 57.1 Å². The van der Waals surface area contributed by atoms with Crippen LogP contribution in [0.2, 0.25) is 0 Å². The average molecular weight is 272 g/mol. The van der Waals surface area contributed by atoms with E-state index in [2.05, 4.69) is 47.5 Å². The van der Waals surface area contributed by atoms with E-state index < -0.39 is 0 Å². The van der Waals surface area contributed by atoms with Crippen molar-refractivity contribution in [2.45, 2.75) is 57.0 Å². The maximum Gasteiger partial charge on any atom is 0.0320 e. The minimum atomic E-state index is 0.401. The molecule has 110 valence electrons. The van der Waals surface area contributed by atoms with Gasteiger partial charge in [0.2, 0.25) is 0 Å². The standard InChI is InChI=1S/C18H28N2/c1-16(17-9-4-2-5-10-17)20-14-8-13-19-18(15-20)11-6-3-7-12-18/h2,4-5,9-10,16,19H,3,6-8,11-15H2,1H3. The molecule has 3 rings (SSSR count). The quantitative estimate of drug-likeness (QED) is 0.882. The lowest BCUT2D eigenvalue weighted by molar-refractivity contribution is 0.134. The molecule has 0 aromatic heterocycles. The van der Waals surface area contributed by atoms with Gasteiger partial charge in [0.15, 0.2) is 0 Å². The molecule has 0 bridgehead atoms. The average Bonchev–Trinajstić information content (AvgIpc) is 2.71. The number of benzene rings is 1. The Morgan fingerprint density at radius 3 is 2.55 bits per heavy atom. The summed E-state index contributed by atoms with van der Waals surface area (Å²) >= 11 is 0. The first-order valence-corrected chi connectivity index (χ1v) is 8.33. The fourth-order valence-electron chi connectivity index (χ4n) is 4.00. The third kappa shape index (κ3) is 3.07. The summed E-state index contributed by atoms with van der Waals surface area (Å²) in [6, 6.07) is 11.5. The van der Waals surface area contributed by atoms with E-state index >= 15 is 0 Å². The van der Waals surface area contributed by atoms with Gasteiger partial charge in [-0.15, -0.1) is 0 Å². The van der Waals surface area contributed by atoms with Gasteiger partial charge in [-0.25, -0.2) is 0 Å². The van der Waals surface area contributed by atoms with Crippen molar-refractivity contribution in [3.8, 4) is 0 Å². The Labute approximate surface area is 123 Å². The van der Waals surface area contributed by atoms with Crippen LogP contribution in [-0.4, -0.2) is 30.1 Å². The summed E-state index contributed by atoms with van der Waals surface area (Å²) < 4.78 is 0. The molecule has 1 saturated carbocycles. The van der Waals surface area contributed by atoms with Crippen LogP contribution >= 0.6 is 0 Å². The van der Waals surface area contributed by atoms with E-state index in [0.29, 0.717) is 11.6 Å². The smallest absolute Gasteiger partial charge is 0.0320 e. The van der Waals surface area contributed by atoms with Crippen LogP contribution in [0.25, 0.3) is 0 Å². The maximum atomic E-state index is 3.89. The number of nitrogens with zero attached hydrogens (tertiary/aromatic N) is 1. The molecule has 1 aromatic rings. The third-order valence-electron chi connectivity index (χ3n) is 5.27. The van der Waals surface area contributed by atoms with Crippen LogP contribution in [0, 0.1) is 0 Å². The summed E-state index contributed by atoms with van der Waals surface area (Å²) in [6.07, 6.45) is 8.24. The molecule has 20 heavy (non-hydrogen) atoms. The van der Waals surface area contributed by atoms with Crippen LogP contribution in [-0.2, 0) is 0 Å². The third-order valence-corrected chi connectivity index (χ3v) is 5.27. The minimum absolute atomic E-state index is 0.401. The zero-order valence-corrected chi connectivity index (χ0v) is 12.8. The van der Waals surface area contributed by atoms with Gasteiger partial charge >= 0.3 is 0 Å². The molecule has 0 amide bonds. The number of rotatable bonds is 2. The van der Waals surface area contributed by atoms with Crippen molar-refractivity contribution in [2.24, 2.45) is 0 Å². The molecule has 1 N–H and O–H groups in total. The molecule has 2 heteroatoms. The molecule has 2 aliphatic rings. The fourth-order valence-corrected chi connectivity index (χ4v) is 4.00. The van der Waals surface area contributed by atoms with Crippen LogP contribution < -0.4 is 5.32 Å². The minimum Gasteiger partial charge on any atom is -0.310 e. The summed E-state index contributed by atoms with van der Waals surface area (Å²) in [5.41, 5.74) is 1.86. The van der Waals surface area contributed by atoms with Crippen molar-refractivity contribution < 1.29 is 0 Å². The van der Waals surface area contributed by atoms with E-state index in [0.717, 1.165) is 0 Å². The molecule has 1 heterocycles. The van der Waals surface area contributed by atoms with Crippen molar-refractivity contribution in [1.82, 2.24) is 10.2 Å². The summed E-state index contributed by atoms with van der Waals surface area (Å²) in [5.74, 6) is 0. The van der Waals surface area contributed by atoms with Gasteiger partial charge in [0.1, 0.15) is 0 Å². The Morgan fingerprint density at radius 1 is 1.05 bits per heavy atom. The second-order valence-corrected chi connectivity index (χ2v) is 6.68. The Balaban J connectivity index is 1.74. The Hall–Kier alpha value is -0.860. The molecule has 1 unspecified atom stereocenters. The predicted molar refractivity (Wildman–Crippen MR) is 84.9 cm³/mol. The van der Waals surface area contributed by atoms with E-state index in [1.54, 1.807) is 0 Å². The van der Waals surface area contributed by atoms with Crippen LogP contribution in [0.4, 0.5) is 0 Å². The van der Waals surface area contributed by atoms with Crippen molar-refractivity contribution in [2.75, 3.05) is 19.6 Å². The zero-order valence-electron chi connectivity index (χ0n) is 12.8. The van der Waals surface area contributed by atoms with Gasteiger partial charge in [-0.2, -0.15) is 0 Å². The van der Waals surface area contributed by atoms with Crippen LogP contribution in [0.3, 0.4) is 0 Å². The lowest BCUT2D eigenvalue weighted by atomic mass is 9.81. The summed E-state index contributed by atoms with van der Waals surface area (Å²) in [6.45, 7) is 6.02. The second-order valence-electron chi connectivity index (χ2n) is 6.68. The van der Waals surface area contributed by atoms with Crippen molar-refractivity contribution in [3.63, 3.8) is 0 Å². The predicted octanol–water partition coefficient (Wildman–Crippen LogP) is 3.75. The Morgan fingerprint density at radius 2 is 1.80 bits per heavy atom. The first-order chi connectivity index (χ1) is 9.79. The molecule has 1 saturated heterocycles. The lowest BCUT2D eigenvalue weighted by Crippen LogP contribution is -2.52. The van der Waals surface area contributed by atoms with E-state index in [4.69, 9.17) is 0 Å². The van der Waals surface area contributed by atoms with E-state index in [-0.39, 0.29) is 0 Å². The van der Waals surface area contributed by atoms with Gasteiger partial charge in [-0.3, -0.25) is 4.90 Å². The van der Waals surface area contributed by atoms with E-state index in [1.807, 2.05) is 0 Å².